The summed E-state index contributed by atoms with van der Waals surface area (Å²) in [4.78, 5) is 15.4. The number of nitrogen functional groups attached to an aromatic ring is 1. The van der Waals surface area contributed by atoms with Gasteiger partial charge in [0, 0.05) is 42.5 Å². The number of nitrogens with two attached hydrogens (primary N) is 1. The minimum Gasteiger partial charge on any atom is -0.395 e. The molecule has 30 heavy (non-hydrogen) atoms. The van der Waals surface area contributed by atoms with Gasteiger partial charge in [-0.3, -0.25) is 0 Å². The molecular formula is C18H17BrF2N6O2S. The number of imidazole rings is 1. The number of anilines is 2. The van der Waals surface area contributed by atoms with Gasteiger partial charge < -0.3 is 24.7 Å². The van der Waals surface area contributed by atoms with Crippen LogP contribution in [0, 0.1) is 0 Å². The Kier molecular flexibility index (Phi) is 5.45. The van der Waals surface area contributed by atoms with E-state index in [1.54, 1.807) is 6.08 Å². The molecule has 0 bridgehead atoms. The molecule has 0 aliphatic carbocycles. The lowest BCUT2D eigenvalue weighted by Crippen LogP contribution is -2.25. The third-order valence-corrected chi connectivity index (χ3v) is 5.73. The standard InChI is InChI=1S/C18H17BrF2N6O2S/c1-3-5-26(2)10-7-11-12(29-18(20,21)28-11)8-13(10)30-17-25-14-15(22)23-9-24-16(14)27(17)6-4-19/h3,7-9H,1,4-6H2,2H3,(H2,22,23,24). The fraction of sp³-hybridized carbons (Fsp3) is 0.278. The SMILES string of the molecule is C=CCN(C)c1cc2c(cc1Sc1nc3c(N)ncnc3n1CCBr)OC(F)(F)O2. The van der Waals surface area contributed by atoms with E-state index in [1.807, 2.05) is 16.5 Å². The first kappa shape index (κ1) is 20.7. The number of rotatable bonds is 7. The average molecular weight is 499 g/mol. The van der Waals surface area contributed by atoms with Crippen LogP contribution in [0.2, 0.25) is 0 Å². The summed E-state index contributed by atoms with van der Waals surface area (Å²) in [6, 6.07) is 3.04. The van der Waals surface area contributed by atoms with Gasteiger partial charge in [0.1, 0.15) is 6.33 Å². The molecule has 0 unspecified atom stereocenters. The van der Waals surface area contributed by atoms with E-state index in [0.717, 1.165) is 0 Å². The Balaban J connectivity index is 1.82. The second-order valence-electron chi connectivity index (χ2n) is 6.37. The van der Waals surface area contributed by atoms with Crippen molar-refractivity contribution in [2.24, 2.45) is 0 Å². The number of alkyl halides is 3. The molecule has 12 heteroatoms. The van der Waals surface area contributed by atoms with Crippen molar-refractivity contribution in [2.75, 3.05) is 29.6 Å². The molecule has 1 aromatic carbocycles. The molecule has 0 fully saturated rings. The number of benzene rings is 1. The first-order valence-corrected chi connectivity index (χ1v) is 10.7. The van der Waals surface area contributed by atoms with Crippen LogP contribution in [0.15, 0.2) is 41.2 Å². The van der Waals surface area contributed by atoms with Gasteiger partial charge in [0.25, 0.3) is 0 Å². The Morgan fingerprint density at radius 2 is 2.07 bits per heavy atom. The maximum absolute atomic E-state index is 13.6. The lowest BCUT2D eigenvalue weighted by Gasteiger charge is -2.21. The van der Waals surface area contributed by atoms with Crippen molar-refractivity contribution in [3.8, 4) is 11.5 Å². The van der Waals surface area contributed by atoms with Crippen LogP contribution in [-0.4, -0.2) is 44.7 Å². The van der Waals surface area contributed by atoms with Crippen molar-refractivity contribution in [3.63, 3.8) is 0 Å². The van der Waals surface area contributed by atoms with E-state index >= 15 is 0 Å². The minimum atomic E-state index is -3.70. The lowest BCUT2D eigenvalue weighted by atomic mass is 10.2. The van der Waals surface area contributed by atoms with Crippen molar-refractivity contribution in [2.45, 2.75) is 22.9 Å². The van der Waals surface area contributed by atoms with Gasteiger partial charge in [-0.1, -0.05) is 22.0 Å². The van der Waals surface area contributed by atoms with Crippen LogP contribution in [0.4, 0.5) is 20.3 Å². The van der Waals surface area contributed by atoms with E-state index in [1.165, 1.54) is 30.2 Å². The van der Waals surface area contributed by atoms with E-state index in [2.05, 4.69) is 46.9 Å². The quantitative estimate of drug-likeness (QED) is 0.387. The summed E-state index contributed by atoms with van der Waals surface area (Å²) in [6.45, 7) is 4.82. The number of likely N-dealkylation sites (N-methyl/N-ethyl adjacent to an activating group) is 1. The van der Waals surface area contributed by atoms with E-state index in [4.69, 9.17) is 5.73 Å². The highest BCUT2D eigenvalue weighted by Crippen LogP contribution is 2.48. The molecule has 158 valence electrons. The molecule has 0 radical (unpaired) electrons. The molecule has 4 rings (SSSR count). The zero-order chi connectivity index (χ0) is 21.5. The summed E-state index contributed by atoms with van der Waals surface area (Å²) in [5, 5.41) is 1.25. The molecular weight excluding hydrogens is 482 g/mol. The van der Waals surface area contributed by atoms with Crippen LogP contribution in [0.25, 0.3) is 11.2 Å². The van der Waals surface area contributed by atoms with E-state index in [0.29, 0.717) is 45.3 Å². The normalized spacial score (nSPS) is 14.3. The molecule has 8 nitrogen and oxygen atoms in total. The molecule has 3 aromatic rings. The minimum absolute atomic E-state index is 0.0284. The molecule has 2 N–H and O–H groups in total. The average Bonchev–Trinajstić information content (AvgIpc) is 3.18. The third kappa shape index (κ3) is 3.76. The molecule has 2 aromatic heterocycles. The van der Waals surface area contributed by atoms with Crippen LogP contribution in [0.5, 0.6) is 11.5 Å². The third-order valence-electron chi connectivity index (χ3n) is 4.33. The highest BCUT2D eigenvalue weighted by atomic mass is 79.9. The molecule has 3 heterocycles. The van der Waals surface area contributed by atoms with Gasteiger partial charge >= 0.3 is 6.29 Å². The highest BCUT2D eigenvalue weighted by Gasteiger charge is 2.44. The number of nitrogens with zero attached hydrogens (tertiary/aromatic N) is 5. The Labute approximate surface area is 183 Å². The van der Waals surface area contributed by atoms with Crippen molar-refractivity contribution in [1.29, 1.82) is 0 Å². The summed E-state index contributed by atoms with van der Waals surface area (Å²) in [6.07, 6.45) is -0.610. The smallest absolute Gasteiger partial charge is 0.395 e. The molecule has 0 spiro atoms. The summed E-state index contributed by atoms with van der Waals surface area (Å²) in [5.74, 6) is 0.199. The van der Waals surface area contributed by atoms with E-state index in [-0.39, 0.29) is 17.3 Å². The number of fused-ring (bicyclic) bond motifs is 2. The highest BCUT2D eigenvalue weighted by molar-refractivity contribution is 9.09. The number of halogens is 3. The number of hydrogen-bond donors (Lipinski definition) is 1. The van der Waals surface area contributed by atoms with Gasteiger partial charge in [-0.2, -0.15) is 0 Å². The van der Waals surface area contributed by atoms with Crippen LogP contribution < -0.4 is 20.1 Å². The fourth-order valence-corrected chi connectivity index (χ4v) is 4.50. The number of ether oxygens (including phenoxy) is 2. The molecule has 0 atom stereocenters. The monoisotopic (exact) mass is 498 g/mol. The van der Waals surface area contributed by atoms with Gasteiger partial charge in [0.2, 0.25) is 0 Å². The maximum atomic E-state index is 13.6. The number of aromatic nitrogens is 4. The van der Waals surface area contributed by atoms with E-state index < -0.39 is 6.29 Å². The fourth-order valence-electron chi connectivity index (χ4n) is 3.04. The molecule has 0 amide bonds. The zero-order valence-corrected chi connectivity index (χ0v) is 18.2. The summed E-state index contributed by atoms with van der Waals surface area (Å²) >= 11 is 4.72. The van der Waals surface area contributed by atoms with Crippen molar-refractivity contribution in [1.82, 2.24) is 19.5 Å². The predicted octanol–water partition coefficient (Wildman–Crippen LogP) is 3.90. The second kappa shape index (κ2) is 7.91. The summed E-state index contributed by atoms with van der Waals surface area (Å²) in [7, 11) is 1.83. The van der Waals surface area contributed by atoms with Crippen LogP contribution in [-0.2, 0) is 6.54 Å². The Morgan fingerprint density at radius 1 is 1.33 bits per heavy atom. The van der Waals surface area contributed by atoms with Crippen LogP contribution >= 0.6 is 27.7 Å². The lowest BCUT2D eigenvalue weighted by molar-refractivity contribution is -0.286. The van der Waals surface area contributed by atoms with Gasteiger partial charge in [-0.15, -0.1) is 15.4 Å². The molecule has 1 aliphatic heterocycles. The second-order valence-corrected chi connectivity index (χ2v) is 8.17. The van der Waals surface area contributed by atoms with Crippen molar-refractivity contribution >= 4 is 50.4 Å². The first-order chi connectivity index (χ1) is 14.3. The molecule has 0 saturated heterocycles. The Hall–Kier alpha value is -2.60. The van der Waals surface area contributed by atoms with E-state index in [9.17, 15) is 8.78 Å². The number of hydrogen-bond acceptors (Lipinski definition) is 8. The van der Waals surface area contributed by atoms with Crippen LogP contribution in [0.1, 0.15) is 0 Å². The molecule has 0 saturated carbocycles. The zero-order valence-electron chi connectivity index (χ0n) is 15.8. The van der Waals surface area contributed by atoms with Crippen LogP contribution in [0.3, 0.4) is 0 Å². The van der Waals surface area contributed by atoms with Crippen molar-refractivity contribution in [3.05, 3.63) is 31.1 Å². The summed E-state index contributed by atoms with van der Waals surface area (Å²) in [5.41, 5.74) is 7.70. The Morgan fingerprint density at radius 3 is 2.77 bits per heavy atom. The summed E-state index contributed by atoms with van der Waals surface area (Å²) < 4.78 is 38.3. The number of aryl methyl sites for hydroxylation is 1. The van der Waals surface area contributed by atoms with Gasteiger partial charge in [-0.25, -0.2) is 15.0 Å². The van der Waals surface area contributed by atoms with Gasteiger partial charge in [0.15, 0.2) is 33.6 Å². The topological polar surface area (TPSA) is 91.3 Å². The Bertz CT molecular complexity index is 1130. The first-order valence-electron chi connectivity index (χ1n) is 8.79. The maximum Gasteiger partial charge on any atom is 0.586 e. The van der Waals surface area contributed by atoms with Gasteiger partial charge in [-0.05, 0) is 11.8 Å². The van der Waals surface area contributed by atoms with Crippen molar-refractivity contribution < 1.29 is 18.3 Å². The van der Waals surface area contributed by atoms with Gasteiger partial charge in [0.05, 0.1) is 5.69 Å². The predicted molar refractivity (Wildman–Crippen MR) is 114 cm³/mol. The molecule has 1 aliphatic rings. The largest absolute Gasteiger partial charge is 0.586 e.